The first-order valence-electron chi connectivity index (χ1n) is 11.1. The highest BCUT2D eigenvalue weighted by Gasteiger charge is 2.38. The number of ether oxygens (including phenoxy) is 1. The number of piperidine rings is 1. The first kappa shape index (κ1) is 21.9. The third-order valence-corrected chi connectivity index (χ3v) is 8.49. The van der Waals surface area contributed by atoms with E-state index < -0.39 is 9.84 Å². The fraction of sp³-hybridized carbons (Fsp3) is 0.545. The van der Waals surface area contributed by atoms with Crippen molar-refractivity contribution in [2.24, 2.45) is 0 Å². The number of halogens is 1. The van der Waals surface area contributed by atoms with Crippen LogP contribution in [-0.2, 0) is 20.3 Å². The number of hydrogen-bond donors (Lipinski definition) is 0. The minimum atomic E-state index is -3.55. The molecule has 0 atom stereocenters. The van der Waals surface area contributed by atoms with Gasteiger partial charge in [-0.05, 0) is 18.9 Å². The number of aromatic nitrogens is 2. The van der Waals surface area contributed by atoms with E-state index in [0.717, 1.165) is 38.2 Å². The Hall–Kier alpha value is -1.94. The summed E-state index contributed by atoms with van der Waals surface area (Å²) in [6, 6.07) is 7.17. The molecule has 0 bridgehead atoms. The van der Waals surface area contributed by atoms with Gasteiger partial charge in [0, 0.05) is 49.7 Å². The van der Waals surface area contributed by atoms with Gasteiger partial charge >= 0.3 is 0 Å². The summed E-state index contributed by atoms with van der Waals surface area (Å²) in [6.07, 6.45) is 1.76. The van der Waals surface area contributed by atoms with Crippen LogP contribution in [0.1, 0.15) is 34.9 Å². The predicted molar refractivity (Wildman–Crippen MR) is 121 cm³/mol. The van der Waals surface area contributed by atoms with Crippen molar-refractivity contribution in [3.05, 3.63) is 35.5 Å². The van der Waals surface area contributed by atoms with Gasteiger partial charge in [-0.2, -0.15) is 5.10 Å². The molecular formula is C22H27ClN4O4S. The smallest absolute Gasteiger partial charge is 0.274 e. The molecule has 1 aromatic carbocycles. The van der Waals surface area contributed by atoms with Gasteiger partial charge in [0.2, 0.25) is 0 Å². The summed E-state index contributed by atoms with van der Waals surface area (Å²) in [4.78, 5) is 17.8. The maximum atomic E-state index is 13.4. The minimum Gasteiger partial charge on any atom is -0.378 e. The second-order valence-electron chi connectivity index (χ2n) is 8.54. The lowest BCUT2D eigenvalue weighted by atomic mass is 10.0. The summed E-state index contributed by atoms with van der Waals surface area (Å²) in [5.41, 5.74) is 2.22. The maximum absolute atomic E-state index is 13.4. The van der Waals surface area contributed by atoms with Crippen LogP contribution in [0.3, 0.4) is 0 Å². The van der Waals surface area contributed by atoms with E-state index in [1.807, 2.05) is 16.8 Å². The van der Waals surface area contributed by atoms with E-state index >= 15 is 0 Å². The third kappa shape index (κ3) is 3.85. The Bertz CT molecular complexity index is 1120. The Balaban J connectivity index is 1.59. The standard InChI is InChI=1S/C22H27ClN4O4S/c23-7-10-25-8-5-16(6-9-25)27-21-17-3-1-2-4-19(17)32(29,30)15-18(21)20(24-27)22(28)26-11-13-31-14-12-26/h1-4,16H,5-15H2. The molecule has 0 radical (unpaired) electrons. The molecule has 8 nitrogen and oxygen atoms in total. The molecule has 2 saturated heterocycles. The zero-order chi connectivity index (χ0) is 22.3. The normalized spacial score (nSPS) is 21.2. The van der Waals surface area contributed by atoms with E-state index in [0.29, 0.717) is 48.2 Å². The fourth-order valence-electron chi connectivity index (χ4n) is 4.95. The number of rotatable bonds is 4. The van der Waals surface area contributed by atoms with Gasteiger partial charge in [-0.15, -0.1) is 11.6 Å². The van der Waals surface area contributed by atoms with Gasteiger partial charge in [0.15, 0.2) is 15.5 Å². The van der Waals surface area contributed by atoms with Gasteiger partial charge in [-0.1, -0.05) is 18.2 Å². The Morgan fingerprint density at radius 2 is 1.84 bits per heavy atom. The molecule has 172 valence electrons. The lowest BCUT2D eigenvalue weighted by molar-refractivity contribution is 0.0297. The number of benzene rings is 1. The summed E-state index contributed by atoms with van der Waals surface area (Å²) in [7, 11) is -3.55. The maximum Gasteiger partial charge on any atom is 0.274 e. The monoisotopic (exact) mass is 478 g/mol. The van der Waals surface area contributed by atoms with Crippen LogP contribution in [0.2, 0.25) is 0 Å². The Labute approximate surface area is 193 Å². The van der Waals surface area contributed by atoms with Crippen molar-refractivity contribution in [2.75, 3.05) is 51.8 Å². The molecule has 1 aromatic heterocycles. The van der Waals surface area contributed by atoms with Gasteiger partial charge < -0.3 is 14.5 Å². The molecule has 2 aromatic rings. The molecular weight excluding hydrogens is 452 g/mol. The first-order valence-corrected chi connectivity index (χ1v) is 13.3. The number of sulfone groups is 1. The van der Waals surface area contributed by atoms with E-state index in [1.165, 1.54) is 0 Å². The summed E-state index contributed by atoms with van der Waals surface area (Å²) in [5.74, 6) is 0.193. The minimum absolute atomic E-state index is 0.107. The van der Waals surface area contributed by atoms with Gasteiger partial charge in [0.05, 0.1) is 35.6 Å². The molecule has 4 heterocycles. The van der Waals surface area contributed by atoms with E-state index in [1.54, 1.807) is 17.0 Å². The van der Waals surface area contributed by atoms with Crippen molar-refractivity contribution < 1.29 is 17.9 Å². The number of carbonyl (C=O) groups excluding carboxylic acids is 1. The molecule has 0 aliphatic carbocycles. The highest BCUT2D eigenvalue weighted by atomic mass is 35.5. The predicted octanol–water partition coefficient (Wildman–Crippen LogP) is 2.19. The quantitative estimate of drug-likeness (QED) is 0.626. The van der Waals surface area contributed by atoms with Gasteiger partial charge in [-0.3, -0.25) is 9.48 Å². The van der Waals surface area contributed by atoms with Crippen LogP contribution < -0.4 is 0 Å². The lowest BCUT2D eigenvalue weighted by Crippen LogP contribution is -2.41. The third-order valence-electron chi connectivity index (χ3n) is 6.62. The lowest BCUT2D eigenvalue weighted by Gasteiger charge is -2.32. The molecule has 5 rings (SSSR count). The zero-order valence-corrected chi connectivity index (χ0v) is 19.4. The van der Waals surface area contributed by atoms with Crippen LogP contribution in [-0.4, -0.2) is 85.7 Å². The Morgan fingerprint density at radius 3 is 2.56 bits per heavy atom. The van der Waals surface area contributed by atoms with Crippen LogP contribution in [0.5, 0.6) is 0 Å². The number of likely N-dealkylation sites (tertiary alicyclic amines) is 1. The molecule has 3 aliphatic heterocycles. The fourth-order valence-corrected chi connectivity index (χ4v) is 6.79. The summed E-state index contributed by atoms with van der Waals surface area (Å²) < 4.78 is 33.5. The van der Waals surface area contributed by atoms with Crippen molar-refractivity contribution in [1.82, 2.24) is 19.6 Å². The molecule has 10 heteroatoms. The van der Waals surface area contributed by atoms with Crippen LogP contribution >= 0.6 is 11.6 Å². The number of carbonyl (C=O) groups is 1. The molecule has 3 aliphatic rings. The van der Waals surface area contributed by atoms with Crippen LogP contribution in [0, 0.1) is 0 Å². The number of morpholine rings is 1. The van der Waals surface area contributed by atoms with Gasteiger partial charge in [-0.25, -0.2) is 8.42 Å². The average molecular weight is 479 g/mol. The topological polar surface area (TPSA) is 84.7 Å². The zero-order valence-electron chi connectivity index (χ0n) is 17.9. The molecule has 32 heavy (non-hydrogen) atoms. The van der Waals surface area contributed by atoms with Crippen molar-refractivity contribution in [3.63, 3.8) is 0 Å². The molecule has 0 unspecified atom stereocenters. The summed E-state index contributed by atoms with van der Waals surface area (Å²) in [6.45, 7) is 4.59. The SMILES string of the molecule is O=C(c1nn(C2CCN(CCCl)CC2)c2c1CS(=O)(=O)c1ccccc1-2)N1CCOCC1. The van der Waals surface area contributed by atoms with Crippen LogP contribution in [0.25, 0.3) is 11.3 Å². The summed E-state index contributed by atoms with van der Waals surface area (Å²) in [5, 5.41) is 4.80. The second kappa shape index (κ2) is 8.78. The van der Waals surface area contributed by atoms with Crippen LogP contribution in [0.4, 0.5) is 0 Å². The molecule has 1 amide bonds. The molecule has 0 saturated carbocycles. The highest BCUT2D eigenvalue weighted by molar-refractivity contribution is 7.90. The number of fused-ring (bicyclic) bond motifs is 3. The van der Waals surface area contributed by atoms with Gasteiger partial charge in [0.1, 0.15) is 0 Å². The average Bonchev–Trinajstić information content (AvgIpc) is 3.18. The molecule has 0 N–H and O–H groups in total. The second-order valence-corrected chi connectivity index (χ2v) is 10.9. The van der Waals surface area contributed by atoms with E-state index in [9.17, 15) is 13.2 Å². The number of amides is 1. The number of nitrogens with zero attached hydrogens (tertiary/aromatic N) is 4. The van der Waals surface area contributed by atoms with Crippen molar-refractivity contribution >= 4 is 27.3 Å². The van der Waals surface area contributed by atoms with Crippen molar-refractivity contribution in [2.45, 2.75) is 29.5 Å². The van der Waals surface area contributed by atoms with E-state index in [4.69, 9.17) is 21.4 Å². The Kier molecular flexibility index (Phi) is 6.00. The molecule has 0 spiro atoms. The number of alkyl halides is 1. The van der Waals surface area contributed by atoms with E-state index in [2.05, 4.69) is 4.90 Å². The van der Waals surface area contributed by atoms with Gasteiger partial charge in [0.25, 0.3) is 5.91 Å². The van der Waals surface area contributed by atoms with Crippen molar-refractivity contribution in [1.29, 1.82) is 0 Å². The summed E-state index contributed by atoms with van der Waals surface area (Å²) >= 11 is 5.91. The van der Waals surface area contributed by atoms with Crippen molar-refractivity contribution in [3.8, 4) is 11.3 Å². The van der Waals surface area contributed by atoms with Crippen LogP contribution in [0.15, 0.2) is 29.2 Å². The first-order chi connectivity index (χ1) is 15.5. The molecule has 2 fully saturated rings. The largest absolute Gasteiger partial charge is 0.378 e. The Morgan fingerprint density at radius 1 is 1.12 bits per heavy atom. The van der Waals surface area contributed by atoms with E-state index in [-0.39, 0.29) is 23.4 Å². The number of hydrogen-bond acceptors (Lipinski definition) is 6. The highest BCUT2D eigenvalue weighted by Crippen LogP contribution is 2.42.